The van der Waals surface area contributed by atoms with Gasteiger partial charge in [-0.2, -0.15) is 0 Å². The standard InChI is InChI=1S/Al.2ClH.Li.Na.O.H/h;2*1H;;;;/q+1;;;+1;;;/p-2. The monoisotopic (exact) mass is 144 g/mol. The van der Waals surface area contributed by atoms with Crippen LogP contribution in [-0.4, -0.2) is 60.5 Å². The van der Waals surface area contributed by atoms with Crippen LogP contribution in [-0.2, 0) is 3.80 Å². The molecule has 6 heavy (non-hydrogen) atoms. The number of rotatable bonds is 0. The molecule has 0 atom stereocenters. The van der Waals surface area contributed by atoms with Gasteiger partial charge in [-0.15, -0.1) is 0 Å². The van der Waals surface area contributed by atoms with Gasteiger partial charge in [-0.3, -0.25) is 0 Å². The topological polar surface area (TPSA) is 17.1 Å². The van der Waals surface area contributed by atoms with E-state index in [1.807, 2.05) is 0 Å². The normalized spacial score (nSPS) is 2.67. The van der Waals surface area contributed by atoms with E-state index in [4.69, 9.17) is 3.80 Å². The Kier molecular flexibility index (Phi) is 68.1. The molecule has 0 aliphatic carbocycles. The Bertz CT molecular complexity index is 21.0. The second-order valence-electron chi connectivity index (χ2n) is 0.0891. The summed E-state index contributed by atoms with van der Waals surface area (Å²) in [5.41, 5.74) is 0. The molecule has 0 heterocycles. The summed E-state index contributed by atoms with van der Waals surface area (Å²) in [6, 6.07) is 0. The second kappa shape index (κ2) is 25.8. The van der Waals surface area contributed by atoms with Crippen LogP contribution in [0.15, 0.2) is 0 Å². The fourth-order valence-corrected chi connectivity index (χ4v) is 0. The maximum absolute atomic E-state index is 8.78. The van der Waals surface area contributed by atoms with Crippen molar-refractivity contribution in [1.82, 2.24) is 0 Å². The Morgan fingerprint density at radius 2 is 1.50 bits per heavy atom. The third kappa shape index (κ3) is 31.4. The zero-order valence-electron chi connectivity index (χ0n) is 2.74. The predicted molar refractivity (Wildman–Crippen MR) is 31.0 cm³/mol. The molecular weight excluding hydrogens is 144 g/mol. The second-order valence-corrected chi connectivity index (χ2v) is 0.802. The summed E-state index contributed by atoms with van der Waals surface area (Å²) in [5, 5.41) is 0. The summed E-state index contributed by atoms with van der Waals surface area (Å²) >= 11 is 0.444. The molecular formula is HAlCl2LiNaO. The molecule has 0 aromatic rings. The zero-order valence-corrected chi connectivity index (χ0v) is 5.41. The van der Waals surface area contributed by atoms with E-state index in [1.165, 1.54) is 16.7 Å². The molecule has 0 rings (SSSR count). The van der Waals surface area contributed by atoms with Crippen molar-refractivity contribution in [2.45, 2.75) is 0 Å². The van der Waals surface area contributed by atoms with Crippen LogP contribution in [0.4, 0.5) is 0 Å². The van der Waals surface area contributed by atoms with Crippen molar-refractivity contribution >= 4 is 80.4 Å². The van der Waals surface area contributed by atoms with Crippen molar-refractivity contribution in [3.8, 4) is 0 Å². The van der Waals surface area contributed by atoms with Gasteiger partial charge >= 0.3 is 84.2 Å². The van der Waals surface area contributed by atoms with Crippen LogP contribution < -0.4 is 0 Å². The number of halogens is 2. The summed E-state index contributed by atoms with van der Waals surface area (Å²) in [6.45, 7) is 0. The van der Waals surface area contributed by atoms with E-state index in [2.05, 4.69) is 19.8 Å². The molecule has 26 valence electrons. The minimum absolute atomic E-state index is 0. The van der Waals surface area contributed by atoms with Crippen LogP contribution >= 0.6 is 19.8 Å². The van der Waals surface area contributed by atoms with Crippen molar-refractivity contribution in [3.63, 3.8) is 0 Å². The maximum atomic E-state index is 8.78. The molecule has 0 unspecified atom stereocenters. The molecule has 6 heteroatoms. The quantitative estimate of drug-likeness (QED) is 0.433. The number of hydrogen-bond donors (Lipinski definition) is 0. The minimum atomic E-state index is -1.03. The first kappa shape index (κ1) is 15.8. The van der Waals surface area contributed by atoms with Gasteiger partial charge in [0, 0.05) is 0 Å². The van der Waals surface area contributed by atoms with Crippen molar-refractivity contribution in [2.75, 3.05) is 0 Å². The Hall–Kier alpha value is 2.51. The molecule has 0 N–H and O–H groups in total. The van der Waals surface area contributed by atoms with Crippen LogP contribution in [0.3, 0.4) is 0 Å². The average Bonchev–Trinajstić information content (AvgIpc) is 1.46. The van der Waals surface area contributed by atoms with Gasteiger partial charge in [0.05, 0.1) is 0 Å². The number of hydrogen-bond acceptors (Lipinski definition) is 1. The van der Waals surface area contributed by atoms with E-state index < -0.39 is 14.2 Å². The van der Waals surface area contributed by atoms with Gasteiger partial charge in [-0.25, -0.2) is 0 Å². The molecule has 0 saturated heterocycles. The Balaban J connectivity index is -0.0000000275. The molecule has 0 aromatic heterocycles. The van der Waals surface area contributed by atoms with E-state index in [0.29, 0.717) is 0 Å². The fraction of sp³-hybridized carbons (Fsp3) is 0. The first-order chi connectivity index (χ1) is 2.41. The summed E-state index contributed by atoms with van der Waals surface area (Å²) in [4.78, 5) is 0. The molecule has 0 bridgehead atoms. The molecule has 0 spiro atoms. The molecule has 0 saturated carbocycles. The van der Waals surface area contributed by atoms with E-state index in [-0.39, 0.29) is 29.6 Å². The summed E-state index contributed by atoms with van der Waals surface area (Å²) in [5.74, 6) is 0. The SMILES string of the molecule is [Li][Cl].[NaH].[O]=[Al][Cl]. The van der Waals surface area contributed by atoms with E-state index >= 15 is 0 Å². The predicted octanol–water partition coefficient (Wildman–Crippen LogP) is -0.150. The van der Waals surface area contributed by atoms with E-state index in [9.17, 15) is 0 Å². The first-order valence-corrected chi connectivity index (χ1v) is 3.80. The van der Waals surface area contributed by atoms with Crippen molar-refractivity contribution in [2.24, 2.45) is 0 Å². The molecule has 1 nitrogen and oxygen atoms in total. The van der Waals surface area contributed by atoms with E-state index in [1.54, 1.807) is 0 Å². The Morgan fingerprint density at radius 3 is 1.50 bits per heavy atom. The molecule has 0 amide bonds. The summed E-state index contributed by atoms with van der Waals surface area (Å²) < 4.78 is 8.78. The van der Waals surface area contributed by atoms with Crippen molar-refractivity contribution < 1.29 is 3.80 Å². The molecule has 0 aromatic carbocycles. The summed E-state index contributed by atoms with van der Waals surface area (Å²) in [7, 11) is 9.17. The zero-order chi connectivity index (χ0) is 4.71. The third-order valence-electron chi connectivity index (χ3n) is 0. The molecule has 0 aliphatic heterocycles. The van der Waals surface area contributed by atoms with Crippen LogP contribution in [0.5, 0.6) is 0 Å². The summed E-state index contributed by atoms with van der Waals surface area (Å²) in [6.07, 6.45) is 0. The van der Waals surface area contributed by atoms with Gasteiger partial charge in [0.15, 0.2) is 0 Å². The Morgan fingerprint density at radius 1 is 1.50 bits per heavy atom. The molecule has 0 radical (unpaired) electrons. The van der Waals surface area contributed by atoms with Gasteiger partial charge in [0.2, 0.25) is 0 Å². The van der Waals surface area contributed by atoms with Gasteiger partial charge in [0.25, 0.3) is 0 Å². The van der Waals surface area contributed by atoms with Crippen molar-refractivity contribution in [1.29, 1.82) is 0 Å². The van der Waals surface area contributed by atoms with Gasteiger partial charge < -0.3 is 0 Å². The molecule has 0 aliphatic rings. The average molecular weight is 145 g/mol. The van der Waals surface area contributed by atoms with Crippen molar-refractivity contribution in [3.05, 3.63) is 0 Å². The van der Waals surface area contributed by atoms with Gasteiger partial charge in [-0.05, 0) is 0 Å². The molecule has 0 fully saturated rings. The fourth-order valence-electron chi connectivity index (χ4n) is 0. The van der Waals surface area contributed by atoms with Crippen LogP contribution in [0.1, 0.15) is 0 Å². The van der Waals surface area contributed by atoms with Gasteiger partial charge in [0.1, 0.15) is 0 Å². The Labute approximate surface area is 82.9 Å². The first-order valence-electron chi connectivity index (χ1n) is 0.832. The third-order valence-corrected chi connectivity index (χ3v) is 0. The van der Waals surface area contributed by atoms with Gasteiger partial charge in [-0.1, -0.05) is 0 Å². The van der Waals surface area contributed by atoms with Crippen LogP contribution in [0, 0.1) is 0 Å². The van der Waals surface area contributed by atoms with Crippen LogP contribution in [0.2, 0.25) is 0 Å². The van der Waals surface area contributed by atoms with Crippen LogP contribution in [0.25, 0.3) is 0 Å². The van der Waals surface area contributed by atoms with E-state index in [0.717, 1.165) is 0 Å².